The number of hydrogen-bond acceptors (Lipinski definition) is 3. The molecule has 0 aliphatic heterocycles. The maximum absolute atomic E-state index is 5.49. The average Bonchev–Trinajstić information content (AvgIpc) is 2.50. The lowest BCUT2D eigenvalue weighted by molar-refractivity contribution is 0.388. The predicted molar refractivity (Wildman–Crippen MR) is 89.6 cm³/mol. The maximum atomic E-state index is 5.49. The van der Waals surface area contributed by atoms with E-state index in [-0.39, 0.29) is 6.04 Å². The highest BCUT2D eigenvalue weighted by atomic mass is 127. The first-order chi connectivity index (χ1) is 9.69. The summed E-state index contributed by atoms with van der Waals surface area (Å²) in [4.78, 5) is 0. The van der Waals surface area contributed by atoms with E-state index in [2.05, 4.69) is 52.2 Å². The highest BCUT2D eigenvalue weighted by Gasteiger charge is 2.17. The van der Waals surface area contributed by atoms with E-state index in [0.29, 0.717) is 0 Å². The molecule has 0 radical (unpaired) electrons. The minimum absolute atomic E-state index is 0.0906. The Balaban J connectivity index is 2.43. The van der Waals surface area contributed by atoms with E-state index in [1.54, 1.807) is 14.2 Å². The van der Waals surface area contributed by atoms with E-state index >= 15 is 0 Å². The van der Waals surface area contributed by atoms with Gasteiger partial charge in [-0.1, -0.05) is 12.1 Å². The lowest BCUT2D eigenvalue weighted by atomic mass is 9.98. The Morgan fingerprint density at radius 3 is 2.25 bits per heavy atom. The lowest BCUT2D eigenvalue weighted by Gasteiger charge is -2.20. The molecule has 2 aromatic carbocycles. The van der Waals surface area contributed by atoms with Crippen LogP contribution in [0.25, 0.3) is 0 Å². The molecule has 0 aromatic heterocycles. The molecule has 0 saturated heterocycles. The monoisotopic (exact) mass is 383 g/mol. The van der Waals surface area contributed by atoms with Crippen LogP contribution in [0.15, 0.2) is 42.5 Å². The zero-order chi connectivity index (χ0) is 14.5. The van der Waals surface area contributed by atoms with Gasteiger partial charge < -0.3 is 14.8 Å². The van der Waals surface area contributed by atoms with Crippen LogP contribution in [-0.2, 0) is 0 Å². The average molecular weight is 383 g/mol. The van der Waals surface area contributed by atoms with E-state index in [1.807, 2.05) is 25.2 Å². The predicted octanol–water partition coefficient (Wildman–Crippen LogP) is 3.62. The van der Waals surface area contributed by atoms with Crippen LogP contribution in [0, 0.1) is 3.57 Å². The summed E-state index contributed by atoms with van der Waals surface area (Å²) < 4.78 is 12.0. The minimum atomic E-state index is 0.0906. The Hall–Kier alpha value is -1.27. The Kier molecular flexibility index (Phi) is 5.25. The third kappa shape index (κ3) is 3.24. The third-order valence-corrected chi connectivity index (χ3v) is 3.96. The first kappa shape index (κ1) is 15.1. The van der Waals surface area contributed by atoms with E-state index < -0.39 is 0 Å². The number of ether oxygens (including phenoxy) is 2. The summed E-state index contributed by atoms with van der Waals surface area (Å²) in [6.45, 7) is 0. The molecule has 0 spiro atoms. The third-order valence-electron chi connectivity index (χ3n) is 3.24. The van der Waals surface area contributed by atoms with E-state index in [4.69, 9.17) is 9.47 Å². The van der Waals surface area contributed by atoms with Crippen LogP contribution in [0.1, 0.15) is 17.2 Å². The number of halogens is 1. The molecule has 0 aliphatic carbocycles. The van der Waals surface area contributed by atoms with Crippen molar-refractivity contribution < 1.29 is 9.47 Å². The summed E-state index contributed by atoms with van der Waals surface area (Å²) in [6, 6.07) is 14.5. The molecule has 1 atom stereocenters. The first-order valence-corrected chi connectivity index (χ1v) is 7.42. The van der Waals surface area contributed by atoms with E-state index in [9.17, 15) is 0 Å². The van der Waals surface area contributed by atoms with E-state index in [1.165, 1.54) is 9.13 Å². The molecule has 106 valence electrons. The Bertz CT molecular complexity index is 569. The van der Waals surface area contributed by atoms with Gasteiger partial charge in [-0.05, 0) is 59.5 Å². The topological polar surface area (TPSA) is 30.5 Å². The van der Waals surface area contributed by atoms with Crippen molar-refractivity contribution in [1.82, 2.24) is 5.32 Å². The summed E-state index contributed by atoms with van der Waals surface area (Å²) in [5.41, 5.74) is 2.30. The van der Waals surface area contributed by atoms with Crippen LogP contribution >= 0.6 is 22.6 Å². The van der Waals surface area contributed by atoms with Crippen LogP contribution in [-0.4, -0.2) is 21.3 Å². The normalized spacial score (nSPS) is 12.0. The molecule has 2 aromatic rings. The second-order valence-electron chi connectivity index (χ2n) is 4.38. The molecule has 0 bridgehead atoms. The molecule has 2 rings (SSSR count). The van der Waals surface area contributed by atoms with Crippen LogP contribution in [0.2, 0.25) is 0 Å². The summed E-state index contributed by atoms with van der Waals surface area (Å²) in [5.74, 6) is 1.62. The van der Waals surface area contributed by atoms with Gasteiger partial charge >= 0.3 is 0 Å². The molecule has 4 heteroatoms. The van der Waals surface area contributed by atoms with Crippen molar-refractivity contribution in [2.24, 2.45) is 0 Å². The fourth-order valence-corrected chi connectivity index (χ4v) is 2.57. The fraction of sp³-hybridized carbons (Fsp3) is 0.250. The van der Waals surface area contributed by atoms with Gasteiger partial charge in [0.1, 0.15) is 11.5 Å². The van der Waals surface area contributed by atoms with Crippen LogP contribution in [0.5, 0.6) is 11.5 Å². The van der Waals surface area contributed by atoms with Crippen molar-refractivity contribution in [3.05, 3.63) is 57.2 Å². The fourth-order valence-electron chi connectivity index (χ4n) is 2.21. The second kappa shape index (κ2) is 6.95. The van der Waals surface area contributed by atoms with Gasteiger partial charge in [0, 0.05) is 15.2 Å². The number of hydrogen-bond donors (Lipinski definition) is 1. The summed E-state index contributed by atoms with van der Waals surface area (Å²) in [5, 5.41) is 3.34. The number of nitrogens with one attached hydrogen (secondary N) is 1. The van der Waals surface area contributed by atoms with Crippen LogP contribution < -0.4 is 14.8 Å². The molecular formula is C16H18INO2. The molecule has 20 heavy (non-hydrogen) atoms. The van der Waals surface area contributed by atoms with Crippen molar-refractivity contribution in [2.45, 2.75) is 6.04 Å². The number of rotatable bonds is 5. The van der Waals surface area contributed by atoms with Gasteiger partial charge in [-0.15, -0.1) is 0 Å². The first-order valence-electron chi connectivity index (χ1n) is 6.34. The smallest absolute Gasteiger partial charge is 0.127 e. The van der Waals surface area contributed by atoms with Crippen molar-refractivity contribution in [2.75, 3.05) is 21.3 Å². The van der Waals surface area contributed by atoms with Crippen LogP contribution in [0.4, 0.5) is 0 Å². The highest BCUT2D eigenvalue weighted by Crippen LogP contribution is 2.33. The van der Waals surface area contributed by atoms with Crippen molar-refractivity contribution in [1.29, 1.82) is 0 Å². The molecule has 0 fully saturated rings. The summed E-state index contributed by atoms with van der Waals surface area (Å²) >= 11 is 2.31. The Morgan fingerprint density at radius 1 is 1.00 bits per heavy atom. The number of benzene rings is 2. The number of methoxy groups -OCH3 is 2. The van der Waals surface area contributed by atoms with Gasteiger partial charge in [-0.25, -0.2) is 0 Å². The maximum Gasteiger partial charge on any atom is 0.127 e. The van der Waals surface area contributed by atoms with Crippen molar-refractivity contribution in [3.8, 4) is 11.5 Å². The highest BCUT2D eigenvalue weighted by molar-refractivity contribution is 14.1. The minimum Gasteiger partial charge on any atom is -0.497 e. The zero-order valence-electron chi connectivity index (χ0n) is 11.8. The Labute approximate surface area is 133 Å². The second-order valence-corrected chi connectivity index (χ2v) is 5.63. The molecule has 1 unspecified atom stereocenters. The van der Waals surface area contributed by atoms with Crippen molar-refractivity contribution >= 4 is 22.6 Å². The van der Waals surface area contributed by atoms with Gasteiger partial charge in [-0.2, -0.15) is 0 Å². The molecule has 0 aliphatic rings. The van der Waals surface area contributed by atoms with Gasteiger partial charge in [0.05, 0.1) is 20.3 Å². The SMILES string of the molecule is CNC(c1ccc(I)cc1)c1ccc(OC)cc1OC. The van der Waals surface area contributed by atoms with Gasteiger partial charge in [0.15, 0.2) is 0 Å². The van der Waals surface area contributed by atoms with Gasteiger partial charge in [0.25, 0.3) is 0 Å². The Morgan fingerprint density at radius 2 is 1.70 bits per heavy atom. The standard InChI is InChI=1S/C16H18INO2/c1-18-16(11-4-6-12(17)7-5-11)14-9-8-13(19-2)10-15(14)20-3/h4-10,16,18H,1-3H3. The molecule has 0 amide bonds. The van der Waals surface area contributed by atoms with Crippen molar-refractivity contribution in [3.63, 3.8) is 0 Å². The van der Waals surface area contributed by atoms with Crippen LogP contribution in [0.3, 0.4) is 0 Å². The summed E-state index contributed by atoms with van der Waals surface area (Å²) in [6.07, 6.45) is 0. The molecule has 0 heterocycles. The van der Waals surface area contributed by atoms with Gasteiger partial charge in [0.2, 0.25) is 0 Å². The quantitative estimate of drug-likeness (QED) is 0.801. The molecular weight excluding hydrogens is 365 g/mol. The molecule has 3 nitrogen and oxygen atoms in total. The largest absolute Gasteiger partial charge is 0.497 e. The molecule has 1 N–H and O–H groups in total. The lowest BCUT2D eigenvalue weighted by Crippen LogP contribution is -2.18. The molecule has 0 saturated carbocycles. The zero-order valence-corrected chi connectivity index (χ0v) is 14.0. The van der Waals surface area contributed by atoms with E-state index in [0.717, 1.165) is 17.1 Å². The van der Waals surface area contributed by atoms with Gasteiger partial charge in [-0.3, -0.25) is 0 Å². The summed E-state index contributed by atoms with van der Waals surface area (Å²) in [7, 11) is 5.29.